The molecule has 0 fully saturated rings. The Morgan fingerprint density at radius 2 is 1.95 bits per heavy atom. The predicted octanol–water partition coefficient (Wildman–Crippen LogP) is 3.22. The van der Waals surface area contributed by atoms with Crippen molar-refractivity contribution in [1.82, 2.24) is 0 Å². The summed E-state index contributed by atoms with van der Waals surface area (Å²) in [7, 11) is 1.50. The lowest BCUT2D eigenvalue weighted by Gasteiger charge is -2.13. The maximum atomic E-state index is 12.8. The summed E-state index contributed by atoms with van der Waals surface area (Å²) in [4.78, 5) is 12.8. The number of hydrogen-bond acceptors (Lipinski definition) is 4. The molecule has 0 bridgehead atoms. The molecule has 0 atom stereocenters. The van der Waals surface area contributed by atoms with Crippen LogP contribution in [0.15, 0.2) is 36.4 Å². The zero-order chi connectivity index (χ0) is 15.4. The fraction of sp³-hybridized carbons (Fsp3) is 0.235. The van der Waals surface area contributed by atoms with Crippen LogP contribution in [0.5, 0.6) is 11.5 Å². The van der Waals surface area contributed by atoms with Gasteiger partial charge in [0, 0.05) is 0 Å². The number of ether oxygens (including phenoxy) is 2. The molecule has 0 unspecified atom stereocenters. The molecule has 2 N–H and O–H groups in total. The van der Waals surface area contributed by atoms with E-state index in [2.05, 4.69) is 0 Å². The molecule has 0 saturated heterocycles. The van der Waals surface area contributed by atoms with Crippen molar-refractivity contribution < 1.29 is 14.3 Å². The van der Waals surface area contributed by atoms with Crippen LogP contribution in [-0.4, -0.2) is 19.5 Å². The van der Waals surface area contributed by atoms with E-state index in [-0.39, 0.29) is 5.78 Å². The first kappa shape index (κ1) is 14.9. The van der Waals surface area contributed by atoms with Crippen molar-refractivity contribution in [3.63, 3.8) is 0 Å². The Morgan fingerprint density at radius 3 is 2.62 bits per heavy atom. The fourth-order valence-corrected chi connectivity index (χ4v) is 2.21. The van der Waals surface area contributed by atoms with Crippen molar-refractivity contribution in [2.24, 2.45) is 0 Å². The van der Waals surface area contributed by atoms with Crippen molar-refractivity contribution in [2.75, 3.05) is 19.5 Å². The first-order valence-corrected chi connectivity index (χ1v) is 6.79. The Balaban J connectivity index is 2.54. The zero-order valence-electron chi connectivity index (χ0n) is 12.5. The highest BCUT2D eigenvalue weighted by Gasteiger charge is 2.20. The topological polar surface area (TPSA) is 61.5 Å². The van der Waals surface area contributed by atoms with Gasteiger partial charge in [0.1, 0.15) is 5.75 Å². The molecule has 0 heterocycles. The minimum absolute atomic E-state index is 0.161. The van der Waals surface area contributed by atoms with Crippen LogP contribution in [0.25, 0.3) is 0 Å². The quantitative estimate of drug-likeness (QED) is 0.677. The molecule has 0 radical (unpaired) electrons. The van der Waals surface area contributed by atoms with Gasteiger partial charge in [-0.05, 0) is 38.1 Å². The van der Waals surface area contributed by atoms with Crippen molar-refractivity contribution >= 4 is 11.5 Å². The van der Waals surface area contributed by atoms with Crippen LogP contribution < -0.4 is 15.2 Å². The number of nitrogen functional groups attached to an aromatic ring is 1. The van der Waals surface area contributed by atoms with Gasteiger partial charge in [0.15, 0.2) is 5.75 Å². The van der Waals surface area contributed by atoms with E-state index in [1.54, 1.807) is 18.2 Å². The van der Waals surface area contributed by atoms with E-state index in [9.17, 15) is 4.79 Å². The summed E-state index contributed by atoms with van der Waals surface area (Å²) in [5.41, 5.74) is 8.24. The SMILES string of the molecule is CCOc1ccc(C)cc1C(=O)c1cccc(N)c1OC. The number of ketones is 1. The van der Waals surface area contributed by atoms with Crippen LogP contribution >= 0.6 is 0 Å². The van der Waals surface area contributed by atoms with E-state index >= 15 is 0 Å². The van der Waals surface area contributed by atoms with Gasteiger partial charge < -0.3 is 15.2 Å². The lowest BCUT2D eigenvalue weighted by atomic mass is 9.99. The van der Waals surface area contributed by atoms with Crippen LogP contribution in [0.4, 0.5) is 5.69 Å². The van der Waals surface area contributed by atoms with E-state index in [4.69, 9.17) is 15.2 Å². The van der Waals surface area contributed by atoms with Crippen LogP contribution in [0.3, 0.4) is 0 Å². The number of carbonyl (C=O) groups is 1. The summed E-state index contributed by atoms with van der Waals surface area (Å²) in [6.07, 6.45) is 0. The number of aryl methyl sites for hydroxylation is 1. The number of anilines is 1. The van der Waals surface area contributed by atoms with Gasteiger partial charge in [0.05, 0.1) is 30.5 Å². The van der Waals surface area contributed by atoms with Crippen molar-refractivity contribution in [2.45, 2.75) is 13.8 Å². The Labute approximate surface area is 124 Å². The van der Waals surface area contributed by atoms with Gasteiger partial charge in [0.25, 0.3) is 0 Å². The van der Waals surface area contributed by atoms with Gasteiger partial charge >= 0.3 is 0 Å². The summed E-state index contributed by atoms with van der Waals surface area (Å²) in [6, 6.07) is 10.7. The van der Waals surface area contributed by atoms with Gasteiger partial charge in [0.2, 0.25) is 5.78 Å². The summed E-state index contributed by atoms with van der Waals surface area (Å²) in [5.74, 6) is 0.801. The second-order valence-electron chi connectivity index (χ2n) is 4.69. The lowest BCUT2D eigenvalue weighted by Crippen LogP contribution is -2.08. The van der Waals surface area contributed by atoms with E-state index in [1.165, 1.54) is 7.11 Å². The average Bonchev–Trinajstić information content (AvgIpc) is 2.48. The molecule has 2 aromatic rings. The maximum Gasteiger partial charge on any atom is 0.200 e. The summed E-state index contributed by atoms with van der Waals surface area (Å²) in [5, 5.41) is 0. The molecule has 110 valence electrons. The van der Waals surface area contributed by atoms with Gasteiger partial charge in [-0.15, -0.1) is 0 Å². The molecule has 0 aliphatic rings. The lowest BCUT2D eigenvalue weighted by molar-refractivity contribution is 0.103. The zero-order valence-corrected chi connectivity index (χ0v) is 12.5. The first-order chi connectivity index (χ1) is 10.1. The Bertz CT molecular complexity index is 665. The average molecular weight is 285 g/mol. The minimum atomic E-state index is -0.161. The number of hydrogen-bond donors (Lipinski definition) is 1. The number of methoxy groups -OCH3 is 1. The normalized spacial score (nSPS) is 10.2. The van der Waals surface area contributed by atoms with E-state index in [0.717, 1.165) is 5.56 Å². The van der Waals surface area contributed by atoms with E-state index < -0.39 is 0 Å². The molecule has 2 aromatic carbocycles. The number of rotatable bonds is 5. The highest BCUT2D eigenvalue weighted by Crippen LogP contribution is 2.31. The maximum absolute atomic E-state index is 12.8. The van der Waals surface area contributed by atoms with Gasteiger partial charge in [-0.25, -0.2) is 0 Å². The monoisotopic (exact) mass is 285 g/mol. The third-order valence-electron chi connectivity index (χ3n) is 3.17. The van der Waals surface area contributed by atoms with Gasteiger partial charge in [-0.1, -0.05) is 17.7 Å². The van der Waals surface area contributed by atoms with Crippen LogP contribution in [0, 0.1) is 6.92 Å². The van der Waals surface area contributed by atoms with Crippen molar-refractivity contribution in [3.8, 4) is 11.5 Å². The van der Waals surface area contributed by atoms with E-state index in [1.807, 2.05) is 32.0 Å². The Kier molecular flexibility index (Phi) is 4.48. The van der Waals surface area contributed by atoms with Crippen LogP contribution in [0.2, 0.25) is 0 Å². The summed E-state index contributed by atoms with van der Waals surface area (Å²) < 4.78 is 10.8. The molecular formula is C17H19NO3. The highest BCUT2D eigenvalue weighted by molar-refractivity contribution is 6.13. The van der Waals surface area contributed by atoms with Gasteiger partial charge in [-0.2, -0.15) is 0 Å². The standard InChI is InChI=1S/C17H19NO3/c1-4-21-15-9-8-11(2)10-13(15)16(19)12-6-5-7-14(18)17(12)20-3/h5-10H,4,18H2,1-3H3. The first-order valence-electron chi connectivity index (χ1n) is 6.79. The van der Waals surface area contributed by atoms with Crippen LogP contribution in [0.1, 0.15) is 28.4 Å². The number of para-hydroxylation sites is 1. The molecular weight excluding hydrogens is 266 g/mol. The Morgan fingerprint density at radius 1 is 1.19 bits per heavy atom. The number of benzene rings is 2. The molecule has 2 rings (SSSR count). The second-order valence-corrected chi connectivity index (χ2v) is 4.69. The largest absolute Gasteiger partial charge is 0.494 e. The summed E-state index contributed by atoms with van der Waals surface area (Å²) >= 11 is 0. The van der Waals surface area contributed by atoms with Gasteiger partial charge in [-0.3, -0.25) is 4.79 Å². The highest BCUT2D eigenvalue weighted by atomic mass is 16.5. The van der Waals surface area contributed by atoms with Crippen molar-refractivity contribution in [1.29, 1.82) is 0 Å². The number of carbonyl (C=O) groups excluding carboxylic acids is 1. The molecule has 0 saturated carbocycles. The molecule has 0 spiro atoms. The molecule has 4 heteroatoms. The van der Waals surface area contributed by atoms with E-state index in [0.29, 0.717) is 34.9 Å². The molecule has 21 heavy (non-hydrogen) atoms. The summed E-state index contributed by atoms with van der Waals surface area (Å²) in [6.45, 7) is 4.32. The molecule has 0 aromatic heterocycles. The fourth-order valence-electron chi connectivity index (χ4n) is 2.21. The molecule has 4 nitrogen and oxygen atoms in total. The molecule has 0 aliphatic heterocycles. The third-order valence-corrected chi connectivity index (χ3v) is 3.17. The van der Waals surface area contributed by atoms with Crippen LogP contribution in [-0.2, 0) is 0 Å². The number of nitrogens with two attached hydrogens (primary N) is 1. The minimum Gasteiger partial charge on any atom is -0.494 e. The second kappa shape index (κ2) is 6.31. The smallest absolute Gasteiger partial charge is 0.200 e. The Hall–Kier alpha value is -2.49. The van der Waals surface area contributed by atoms with Crippen molar-refractivity contribution in [3.05, 3.63) is 53.1 Å². The predicted molar refractivity (Wildman–Crippen MR) is 83.2 cm³/mol. The molecule has 0 aliphatic carbocycles. The third kappa shape index (κ3) is 2.99. The molecule has 0 amide bonds.